The largest absolute Gasteiger partial charge is 0.496 e. The fourth-order valence-corrected chi connectivity index (χ4v) is 2.91. The number of aliphatic hydroxyl groups excluding tert-OH is 1. The molecule has 1 aliphatic heterocycles. The molecule has 0 aliphatic carbocycles. The Kier molecular flexibility index (Phi) is 4.65. The average molecular weight is 314 g/mol. The molecule has 2 unspecified atom stereocenters. The minimum Gasteiger partial charge on any atom is -0.496 e. The van der Waals surface area contributed by atoms with Crippen molar-refractivity contribution in [2.75, 3.05) is 20.2 Å². The number of rotatable bonds is 3. The van der Waals surface area contributed by atoms with Crippen LogP contribution in [0.1, 0.15) is 18.9 Å². The molecule has 3 nitrogen and oxygen atoms in total. The van der Waals surface area contributed by atoms with Gasteiger partial charge in [-0.3, -0.25) is 4.90 Å². The highest BCUT2D eigenvalue weighted by molar-refractivity contribution is 9.10. The lowest BCUT2D eigenvalue weighted by Gasteiger charge is -2.34. The first-order valence-corrected chi connectivity index (χ1v) is 7.12. The van der Waals surface area contributed by atoms with Crippen LogP contribution in [0.2, 0.25) is 0 Å². The molecular formula is C14H20BrNO2. The van der Waals surface area contributed by atoms with E-state index < -0.39 is 0 Å². The van der Waals surface area contributed by atoms with Crippen molar-refractivity contribution in [2.45, 2.75) is 26.0 Å². The van der Waals surface area contributed by atoms with E-state index in [4.69, 9.17) is 4.74 Å². The molecule has 1 N–H and O–H groups in total. The van der Waals surface area contributed by atoms with Crippen LogP contribution in [-0.2, 0) is 6.54 Å². The molecule has 0 saturated carbocycles. The third kappa shape index (κ3) is 3.25. The van der Waals surface area contributed by atoms with Crippen molar-refractivity contribution in [3.8, 4) is 5.75 Å². The van der Waals surface area contributed by atoms with Crippen LogP contribution in [0.3, 0.4) is 0 Å². The van der Waals surface area contributed by atoms with Crippen molar-refractivity contribution in [3.63, 3.8) is 0 Å². The van der Waals surface area contributed by atoms with E-state index in [2.05, 4.69) is 39.9 Å². The Balaban J connectivity index is 1.99. The number of likely N-dealkylation sites (tertiary alicyclic amines) is 1. The van der Waals surface area contributed by atoms with Crippen molar-refractivity contribution < 1.29 is 9.84 Å². The van der Waals surface area contributed by atoms with E-state index in [1.807, 2.05) is 6.07 Å². The lowest BCUT2D eigenvalue weighted by Crippen LogP contribution is -2.42. The summed E-state index contributed by atoms with van der Waals surface area (Å²) in [5, 5.41) is 9.89. The lowest BCUT2D eigenvalue weighted by atomic mass is 9.96. The van der Waals surface area contributed by atoms with Gasteiger partial charge in [0.2, 0.25) is 0 Å². The fraction of sp³-hybridized carbons (Fsp3) is 0.571. The molecule has 1 aromatic rings. The van der Waals surface area contributed by atoms with Crippen molar-refractivity contribution in [3.05, 3.63) is 28.2 Å². The van der Waals surface area contributed by atoms with Crippen LogP contribution in [-0.4, -0.2) is 36.3 Å². The van der Waals surface area contributed by atoms with Crippen molar-refractivity contribution in [2.24, 2.45) is 5.92 Å². The highest BCUT2D eigenvalue weighted by Gasteiger charge is 2.24. The van der Waals surface area contributed by atoms with Gasteiger partial charge in [-0.25, -0.2) is 0 Å². The van der Waals surface area contributed by atoms with Crippen molar-refractivity contribution >= 4 is 15.9 Å². The van der Waals surface area contributed by atoms with Crippen LogP contribution in [0.15, 0.2) is 22.7 Å². The van der Waals surface area contributed by atoms with Crippen LogP contribution in [0.5, 0.6) is 5.75 Å². The van der Waals surface area contributed by atoms with Gasteiger partial charge in [-0.05, 0) is 52.5 Å². The first-order chi connectivity index (χ1) is 8.60. The maximum Gasteiger partial charge on any atom is 0.133 e. The van der Waals surface area contributed by atoms with E-state index in [-0.39, 0.29) is 6.10 Å². The standard InChI is InChI=1S/C14H20BrNO2/c1-10-5-6-16(9-13(10)17)8-11-3-4-14(18-2)12(15)7-11/h3-4,7,10,13,17H,5-6,8-9H2,1-2H3. The molecule has 1 fully saturated rings. The van der Waals surface area contributed by atoms with Gasteiger partial charge < -0.3 is 9.84 Å². The molecule has 0 amide bonds. The van der Waals surface area contributed by atoms with E-state index in [0.29, 0.717) is 5.92 Å². The summed E-state index contributed by atoms with van der Waals surface area (Å²) in [5.41, 5.74) is 1.24. The summed E-state index contributed by atoms with van der Waals surface area (Å²) in [4.78, 5) is 2.30. The van der Waals surface area contributed by atoms with Gasteiger partial charge in [0.15, 0.2) is 0 Å². The molecular weight excluding hydrogens is 294 g/mol. The number of piperidine rings is 1. The number of hydrogen-bond donors (Lipinski definition) is 1. The third-order valence-corrected chi connectivity index (χ3v) is 4.24. The van der Waals surface area contributed by atoms with E-state index in [1.54, 1.807) is 7.11 Å². The first kappa shape index (κ1) is 13.8. The number of methoxy groups -OCH3 is 1. The quantitative estimate of drug-likeness (QED) is 0.931. The SMILES string of the molecule is COc1ccc(CN2CCC(C)C(O)C2)cc1Br. The molecule has 100 valence electrons. The number of halogens is 1. The molecule has 18 heavy (non-hydrogen) atoms. The second-order valence-corrected chi connectivity index (χ2v) is 5.89. The predicted octanol–water partition coefficient (Wildman–Crippen LogP) is 2.66. The smallest absolute Gasteiger partial charge is 0.133 e. The van der Waals surface area contributed by atoms with E-state index in [9.17, 15) is 5.11 Å². The number of ether oxygens (including phenoxy) is 1. The van der Waals surface area contributed by atoms with Crippen molar-refractivity contribution in [1.82, 2.24) is 4.90 Å². The van der Waals surface area contributed by atoms with Crippen LogP contribution in [0, 0.1) is 5.92 Å². The molecule has 1 saturated heterocycles. The Morgan fingerprint density at radius 1 is 1.50 bits per heavy atom. The van der Waals surface area contributed by atoms with Gasteiger partial charge in [0.25, 0.3) is 0 Å². The Labute approximate surface area is 117 Å². The summed E-state index contributed by atoms with van der Waals surface area (Å²) >= 11 is 3.50. The number of nitrogens with zero attached hydrogens (tertiary/aromatic N) is 1. The molecule has 0 bridgehead atoms. The van der Waals surface area contributed by atoms with Crippen LogP contribution in [0.4, 0.5) is 0 Å². The summed E-state index contributed by atoms with van der Waals surface area (Å²) in [6.07, 6.45) is 0.874. The molecule has 0 radical (unpaired) electrons. The lowest BCUT2D eigenvalue weighted by molar-refractivity contribution is 0.0259. The third-order valence-electron chi connectivity index (χ3n) is 3.63. The summed E-state index contributed by atoms with van der Waals surface area (Å²) in [6, 6.07) is 6.14. The Bertz CT molecular complexity index is 411. The molecule has 0 aromatic heterocycles. The van der Waals surface area contributed by atoms with Crippen LogP contribution in [0.25, 0.3) is 0 Å². The minimum atomic E-state index is -0.194. The average Bonchev–Trinajstić information content (AvgIpc) is 2.34. The van der Waals surface area contributed by atoms with Gasteiger partial charge in [0.05, 0.1) is 17.7 Å². The summed E-state index contributed by atoms with van der Waals surface area (Å²) < 4.78 is 6.20. The zero-order chi connectivity index (χ0) is 13.1. The molecule has 0 spiro atoms. The molecule has 4 heteroatoms. The molecule has 2 atom stereocenters. The molecule has 1 heterocycles. The second-order valence-electron chi connectivity index (χ2n) is 5.04. The van der Waals surface area contributed by atoms with Gasteiger partial charge in [-0.1, -0.05) is 13.0 Å². The maximum absolute atomic E-state index is 9.89. The minimum absolute atomic E-state index is 0.194. The van der Waals surface area contributed by atoms with Gasteiger partial charge in [0, 0.05) is 13.1 Å². The zero-order valence-corrected chi connectivity index (χ0v) is 12.5. The highest BCUT2D eigenvalue weighted by atomic mass is 79.9. The Hall–Kier alpha value is -0.580. The number of aliphatic hydroxyl groups is 1. The number of β-amino-alcohol motifs (C(OH)–C–C–N with tert-alkyl or cyclic N) is 1. The molecule has 1 aromatic carbocycles. The Morgan fingerprint density at radius 3 is 2.89 bits per heavy atom. The highest BCUT2D eigenvalue weighted by Crippen LogP contribution is 2.27. The van der Waals surface area contributed by atoms with E-state index in [0.717, 1.165) is 36.3 Å². The topological polar surface area (TPSA) is 32.7 Å². The second kappa shape index (κ2) is 6.04. The maximum atomic E-state index is 9.89. The Morgan fingerprint density at radius 2 is 2.28 bits per heavy atom. The molecule has 2 rings (SSSR count). The van der Waals surface area contributed by atoms with Crippen LogP contribution >= 0.6 is 15.9 Å². The monoisotopic (exact) mass is 313 g/mol. The summed E-state index contributed by atoms with van der Waals surface area (Å²) in [7, 11) is 1.67. The van der Waals surface area contributed by atoms with E-state index >= 15 is 0 Å². The van der Waals surface area contributed by atoms with Gasteiger partial charge in [0.1, 0.15) is 5.75 Å². The van der Waals surface area contributed by atoms with Crippen LogP contribution < -0.4 is 4.74 Å². The molecule has 1 aliphatic rings. The predicted molar refractivity (Wildman–Crippen MR) is 75.8 cm³/mol. The first-order valence-electron chi connectivity index (χ1n) is 6.33. The van der Waals surface area contributed by atoms with Gasteiger partial charge in [-0.2, -0.15) is 0 Å². The normalized spacial score (nSPS) is 25.1. The van der Waals surface area contributed by atoms with Gasteiger partial charge >= 0.3 is 0 Å². The number of benzene rings is 1. The van der Waals surface area contributed by atoms with Crippen molar-refractivity contribution in [1.29, 1.82) is 0 Å². The van der Waals surface area contributed by atoms with Gasteiger partial charge in [-0.15, -0.1) is 0 Å². The fourth-order valence-electron chi connectivity index (χ4n) is 2.32. The summed E-state index contributed by atoms with van der Waals surface area (Å²) in [6.45, 7) is 4.82. The summed E-state index contributed by atoms with van der Waals surface area (Å²) in [5.74, 6) is 1.27. The number of hydrogen-bond acceptors (Lipinski definition) is 3. The van der Waals surface area contributed by atoms with E-state index in [1.165, 1.54) is 5.56 Å². The zero-order valence-electron chi connectivity index (χ0n) is 10.9.